The van der Waals surface area contributed by atoms with Crippen molar-refractivity contribution in [3.05, 3.63) is 69.7 Å². The van der Waals surface area contributed by atoms with E-state index in [1.165, 1.54) is 11.3 Å². The molecule has 5 nitrogen and oxygen atoms in total. The minimum atomic E-state index is -0.137. The third-order valence-electron chi connectivity index (χ3n) is 3.53. The predicted molar refractivity (Wildman–Crippen MR) is 99.5 cm³/mol. The molecule has 1 N–H and O–H groups in total. The number of aromatic nitrogens is 2. The summed E-state index contributed by atoms with van der Waals surface area (Å²) in [4.78, 5) is 12.1. The van der Waals surface area contributed by atoms with E-state index in [1.54, 1.807) is 19.2 Å². The van der Waals surface area contributed by atoms with E-state index in [0.29, 0.717) is 16.6 Å². The number of hydrogen-bond acceptors (Lipinski definition) is 5. The minimum absolute atomic E-state index is 0.137. The second kappa shape index (κ2) is 8.09. The van der Waals surface area contributed by atoms with Gasteiger partial charge >= 0.3 is 0 Å². The van der Waals surface area contributed by atoms with Crippen LogP contribution in [-0.2, 0) is 17.6 Å². The Kier molecular flexibility index (Phi) is 5.63. The van der Waals surface area contributed by atoms with Crippen LogP contribution < -0.4 is 10.1 Å². The van der Waals surface area contributed by atoms with Crippen molar-refractivity contribution in [1.29, 1.82) is 0 Å². The lowest BCUT2D eigenvalue weighted by molar-refractivity contribution is -0.115. The van der Waals surface area contributed by atoms with Crippen molar-refractivity contribution in [3.63, 3.8) is 0 Å². The van der Waals surface area contributed by atoms with Gasteiger partial charge in [-0.3, -0.25) is 4.79 Å². The topological polar surface area (TPSA) is 64.1 Å². The average Bonchev–Trinajstić information content (AvgIpc) is 3.04. The molecule has 1 amide bonds. The third kappa shape index (κ3) is 4.78. The number of anilines is 1. The van der Waals surface area contributed by atoms with Crippen molar-refractivity contribution < 1.29 is 9.53 Å². The Balaban J connectivity index is 1.61. The standard InChI is InChI=1S/C18H16ClN3O2S/c1-24-15-5-3-2-4-13(15)11-17-21-22-18(25-17)20-16(23)10-12-6-8-14(19)9-7-12/h2-9H,10-11H2,1H3,(H,20,22,23). The Morgan fingerprint density at radius 3 is 2.68 bits per heavy atom. The maximum Gasteiger partial charge on any atom is 0.230 e. The van der Waals surface area contributed by atoms with E-state index in [-0.39, 0.29) is 12.3 Å². The number of benzene rings is 2. The number of carbonyl (C=O) groups excluding carboxylic acids is 1. The monoisotopic (exact) mass is 373 g/mol. The Morgan fingerprint density at radius 2 is 1.92 bits per heavy atom. The molecule has 0 saturated heterocycles. The van der Waals surface area contributed by atoms with Crippen LogP contribution in [0.4, 0.5) is 5.13 Å². The Hall–Kier alpha value is -2.44. The quantitative estimate of drug-likeness (QED) is 0.710. The van der Waals surface area contributed by atoms with Crippen LogP contribution in [0.15, 0.2) is 48.5 Å². The second-order valence-corrected chi connectivity index (χ2v) is 6.84. The summed E-state index contributed by atoms with van der Waals surface area (Å²) in [5.74, 6) is 0.674. The molecule has 25 heavy (non-hydrogen) atoms. The molecule has 0 spiro atoms. The zero-order valence-corrected chi connectivity index (χ0v) is 15.1. The summed E-state index contributed by atoms with van der Waals surface area (Å²) in [6, 6.07) is 15.0. The molecular formula is C18H16ClN3O2S. The molecule has 128 valence electrons. The number of amides is 1. The summed E-state index contributed by atoms with van der Waals surface area (Å²) < 4.78 is 5.34. The van der Waals surface area contributed by atoms with Crippen molar-refractivity contribution in [1.82, 2.24) is 10.2 Å². The number of para-hydroxylation sites is 1. The molecule has 0 aliphatic rings. The van der Waals surface area contributed by atoms with Crippen LogP contribution in [0.1, 0.15) is 16.1 Å². The highest BCUT2D eigenvalue weighted by Crippen LogP contribution is 2.24. The van der Waals surface area contributed by atoms with Gasteiger partial charge in [0.25, 0.3) is 0 Å². The van der Waals surface area contributed by atoms with E-state index >= 15 is 0 Å². The smallest absolute Gasteiger partial charge is 0.230 e. The summed E-state index contributed by atoms with van der Waals surface area (Å²) in [6.45, 7) is 0. The van der Waals surface area contributed by atoms with Gasteiger partial charge in [0.2, 0.25) is 11.0 Å². The molecule has 0 bridgehead atoms. The maximum absolute atomic E-state index is 12.1. The summed E-state index contributed by atoms with van der Waals surface area (Å²) in [6.07, 6.45) is 0.868. The molecule has 1 heterocycles. The Morgan fingerprint density at radius 1 is 1.16 bits per heavy atom. The van der Waals surface area contributed by atoms with Crippen LogP contribution in [-0.4, -0.2) is 23.2 Å². The number of rotatable bonds is 6. The van der Waals surface area contributed by atoms with Gasteiger partial charge < -0.3 is 10.1 Å². The highest BCUT2D eigenvalue weighted by atomic mass is 35.5. The first-order valence-corrected chi connectivity index (χ1v) is 8.82. The van der Waals surface area contributed by atoms with E-state index < -0.39 is 0 Å². The zero-order chi connectivity index (χ0) is 17.6. The van der Waals surface area contributed by atoms with Gasteiger partial charge in [0.15, 0.2) is 0 Å². The Labute approximate surface area is 154 Å². The van der Waals surface area contributed by atoms with Gasteiger partial charge in [0, 0.05) is 17.0 Å². The minimum Gasteiger partial charge on any atom is -0.496 e. The lowest BCUT2D eigenvalue weighted by Gasteiger charge is -2.05. The molecule has 7 heteroatoms. The van der Waals surface area contributed by atoms with E-state index in [9.17, 15) is 4.79 Å². The highest BCUT2D eigenvalue weighted by molar-refractivity contribution is 7.15. The number of nitrogens with zero attached hydrogens (tertiary/aromatic N) is 2. The second-order valence-electron chi connectivity index (χ2n) is 5.34. The first-order valence-electron chi connectivity index (χ1n) is 7.62. The first-order chi connectivity index (χ1) is 12.1. The predicted octanol–water partition coefficient (Wildman–Crippen LogP) is 3.97. The van der Waals surface area contributed by atoms with E-state index in [1.807, 2.05) is 36.4 Å². The average molecular weight is 374 g/mol. The first kappa shape index (κ1) is 17.4. The number of ether oxygens (including phenoxy) is 1. The normalized spacial score (nSPS) is 10.5. The number of methoxy groups -OCH3 is 1. The van der Waals surface area contributed by atoms with Crippen molar-refractivity contribution in [2.75, 3.05) is 12.4 Å². The van der Waals surface area contributed by atoms with Crippen LogP contribution in [0.25, 0.3) is 0 Å². The van der Waals surface area contributed by atoms with Crippen LogP contribution in [0.2, 0.25) is 5.02 Å². The van der Waals surface area contributed by atoms with E-state index in [4.69, 9.17) is 16.3 Å². The van der Waals surface area contributed by atoms with Gasteiger partial charge in [0.05, 0.1) is 13.5 Å². The van der Waals surface area contributed by atoms with Gasteiger partial charge in [-0.05, 0) is 23.8 Å². The summed E-state index contributed by atoms with van der Waals surface area (Å²) in [5, 5.41) is 12.9. The van der Waals surface area contributed by atoms with Gasteiger partial charge in [-0.25, -0.2) is 0 Å². The molecule has 1 aromatic heterocycles. The third-order valence-corrected chi connectivity index (χ3v) is 4.62. The largest absolute Gasteiger partial charge is 0.496 e. The molecule has 0 unspecified atom stereocenters. The van der Waals surface area contributed by atoms with Gasteiger partial charge in [-0.1, -0.05) is 53.3 Å². The fraction of sp³-hybridized carbons (Fsp3) is 0.167. The number of nitrogens with one attached hydrogen (secondary N) is 1. The van der Waals surface area contributed by atoms with Crippen molar-refractivity contribution >= 4 is 34.0 Å². The number of hydrogen-bond donors (Lipinski definition) is 1. The summed E-state index contributed by atoms with van der Waals surface area (Å²) >= 11 is 7.20. The molecule has 3 aromatic rings. The molecule has 2 aromatic carbocycles. The highest BCUT2D eigenvalue weighted by Gasteiger charge is 2.11. The molecule has 0 aliphatic heterocycles. The summed E-state index contributed by atoms with van der Waals surface area (Å²) in [5.41, 5.74) is 1.92. The van der Waals surface area contributed by atoms with Crippen molar-refractivity contribution in [2.45, 2.75) is 12.8 Å². The lowest BCUT2D eigenvalue weighted by atomic mass is 10.1. The molecule has 0 fully saturated rings. The van der Waals surface area contributed by atoms with E-state index in [2.05, 4.69) is 15.5 Å². The van der Waals surface area contributed by atoms with Crippen LogP contribution >= 0.6 is 22.9 Å². The van der Waals surface area contributed by atoms with Crippen molar-refractivity contribution in [3.8, 4) is 5.75 Å². The van der Waals surface area contributed by atoms with Gasteiger partial charge in [-0.15, -0.1) is 10.2 Å². The van der Waals surface area contributed by atoms with Crippen molar-refractivity contribution in [2.24, 2.45) is 0 Å². The molecule has 3 rings (SSSR count). The molecule has 0 aliphatic carbocycles. The lowest BCUT2D eigenvalue weighted by Crippen LogP contribution is -2.14. The molecule has 0 saturated carbocycles. The number of halogens is 1. The fourth-order valence-corrected chi connectivity index (χ4v) is 3.24. The van der Waals surface area contributed by atoms with Crippen LogP contribution in [0.5, 0.6) is 5.75 Å². The van der Waals surface area contributed by atoms with Crippen LogP contribution in [0.3, 0.4) is 0 Å². The molecular weight excluding hydrogens is 358 g/mol. The molecule has 0 radical (unpaired) electrons. The fourth-order valence-electron chi connectivity index (χ4n) is 2.34. The number of carbonyl (C=O) groups is 1. The van der Waals surface area contributed by atoms with Gasteiger partial charge in [-0.2, -0.15) is 0 Å². The molecule has 0 atom stereocenters. The summed E-state index contributed by atoms with van der Waals surface area (Å²) in [7, 11) is 1.64. The SMILES string of the molecule is COc1ccccc1Cc1nnc(NC(=O)Cc2ccc(Cl)cc2)s1. The maximum atomic E-state index is 12.1. The Bertz CT molecular complexity index is 865. The zero-order valence-electron chi connectivity index (χ0n) is 13.5. The van der Waals surface area contributed by atoms with Crippen LogP contribution in [0, 0.1) is 0 Å². The van der Waals surface area contributed by atoms with E-state index in [0.717, 1.165) is 21.9 Å². The van der Waals surface area contributed by atoms with Gasteiger partial charge in [0.1, 0.15) is 10.8 Å².